The van der Waals surface area contributed by atoms with Crippen LogP contribution in [0.15, 0.2) is 41.9 Å². The van der Waals surface area contributed by atoms with Crippen LogP contribution in [-0.4, -0.2) is 26.3 Å². The molecule has 1 aromatic heterocycles. The van der Waals surface area contributed by atoms with Crippen molar-refractivity contribution in [3.05, 3.63) is 69.9 Å². The maximum Gasteiger partial charge on any atom is 0.230 e. The molecule has 0 atom stereocenters. The maximum absolute atomic E-state index is 11.5. The van der Waals surface area contributed by atoms with Crippen LogP contribution in [0, 0.1) is 18.3 Å². The number of nitriles is 1. The van der Waals surface area contributed by atoms with Crippen LogP contribution in [0.25, 0.3) is 0 Å². The van der Waals surface area contributed by atoms with Crippen LogP contribution in [0.2, 0.25) is 0 Å². The second kappa shape index (κ2) is 10.5. The van der Waals surface area contributed by atoms with E-state index in [-0.39, 0.29) is 12.0 Å². The van der Waals surface area contributed by atoms with Crippen LogP contribution in [-0.2, 0) is 22.0 Å². The molecule has 0 aliphatic heterocycles. The van der Waals surface area contributed by atoms with Gasteiger partial charge in [-0.15, -0.1) is 11.3 Å². The van der Waals surface area contributed by atoms with Gasteiger partial charge in [0.2, 0.25) is 10.0 Å². The predicted molar refractivity (Wildman–Crippen MR) is 135 cm³/mol. The smallest absolute Gasteiger partial charge is 0.230 e. The standard InChI is InChI=1S/C25H29N3O4S2/c1-6-11-31-23-17(2)12-20(13-18(23)14-26)25(3,4)19-7-9-21(10-8-19)32-15-22-24(33-16-27-22)28-34(5,29)30/h7-10,12-13,16,28H,6,11,15H2,1-5H3. The molecule has 9 heteroatoms. The van der Waals surface area contributed by atoms with Crippen LogP contribution < -0.4 is 14.2 Å². The number of ether oxygens (including phenoxy) is 2. The molecule has 2 aromatic carbocycles. The summed E-state index contributed by atoms with van der Waals surface area (Å²) >= 11 is 1.21. The maximum atomic E-state index is 11.5. The van der Waals surface area contributed by atoms with Gasteiger partial charge in [0.15, 0.2) is 0 Å². The van der Waals surface area contributed by atoms with Crippen LogP contribution >= 0.6 is 11.3 Å². The Labute approximate surface area is 205 Å². The summed E-state index contributed by atoms with van der Waals surface area (Å²) in [6.45, 7) is 8.95. The zero-order chi connectivity index (χ0) is 24.9. The summed E-state index contributed by atoms with van der Waals surface area (Å²) in [6, 6.07) is 14.0. The Bertz CT molecular complexity index is 1290. The van der Waals surface area contributed by atoms with Crippen molar-refractivity contribution in [1.29, 1.82) is 5.26 Å². The number of nitrogens with zero attached hydrogens (tertiary/aromatic N) is 2. The topological polar surface area (TPSA) is 101 Å². The van der Waals surface area contributed by atoms with E-state index in [1.165, 1.54) is 11.3 Å². The molecule has 0 spiro atoms. The lowest BCUT2D eigenvalue weighted by Crippen LogP contribution is -2.19. The Kier molecular flexibility index (Phi) is 7.85. The molecule has 180 valence electrons. The van der Waals surface area contributed by atoms with E-state index in [0.29, 0.717) is 34.4 Å². The van der Waals surface area contributed by atoms with Gasteiger partial charge in [-0.3, -0.25) is 4.72 Å². The summed E-state index contributed by atoms with van der Waals surface area (Å²) in [7, 11) is -3.38. The molecular formula is C25H29N3O4S2. The molecule has 1 N–H and O–H groups in total. The number of hydrogen-bond donors (Lipinski definition) is 1. The largest absolute Gasteiger partial charge is 0.492 e. The number of rotatable bonds is 10. The Balaban J connectivity index is 1.77. The van der Waals surface area contributed by atoms with Crippen molar-refractivity contribution in [3.8, 4) is 17.6 Å². The fraction of sp³-hybridized carbons (Fsp3) is 0.360. The molecule has 1 heterocycles. The summed E-state index contributed by atoms with van der Waals surface area (Å²) in [5, 5.41) is 10.1. The van der Waals surface area contributed by atoms with Gasteiger partial charge in [-0.25, -0.2) is 13.4 Å². The van der Waals surface area contributed by atoms with Crippen LogP contribution in [0.5, 0.6) is 11.5 Å². The number of nitrogens with one attached hydrogen (secondary N) is 1. The molecule has 0 saturated carbocycles. The Hall–Kier alpha value is -3.09. The van der Waals surface area contributed by atoms with E-state index in [9.17, 15) is 13.7 Å². The fourth-order valence-electron chi connectivity index (χ4n) is 3.52. The molecule has 0 fully saturated rings. The van der Waals surface area contributed by atoms with Crippen molar-refractivity contribution in [2.75, 3.05) is 17.6 Å². The monoisotopic (exact) mass is 499 g/mol. The quantitative estimate of drug-likeness (QED) is 0.401. The zero-order valence-electron chi connectivity index (χ0n) is 20.0. The summed E-state index contributed by atoms with van der Waals surface area (Å²) in [6.07, 6.45) is 1.98. The minimum absolute atomic E-state index is 0.147. The Morgan fingerprint density at radius 2 is 1.85 bits per heavy atom. The van der Waals surface area contributed by atoms with Gasteiger partial charge >= 0.3 is 0 Å². The third-order valence-corrected chi connectivity index (χ3v) is 6.93. The van der Waals surface area contributed by atoms with E-state index in [1.54, 1.807) is 5.51 Å². The average molecular weight is 500 g/mol. The number of aryl methyl sites for hydroxylation is 1. The lowest BCUT2D eigenvalue weighted by atomic mass is 9.77. The average Bonchev–Trinajstić information content (AvgIpc) is 3.21. The van der Waals surface area contributed by atoms with Gasteiger partial charge in [0, 0.05) is 5.41 Å². The first-order chi connectivity index (χ1) is 16.0. The molecule has 3 rings (SSSR count). The SMILES string of the molecule is CCCOc1c(C)cc(C(C)(C)c2ccc(OCc3ncsc3NS(C)(=O)=O)cc2)cc1C#N. The van der Waals surface area contributed by atoms with Gasteiger partial charge in [0.1, 0.15) is 34.9 Å². The first kappa shape index (κ1) is 25.5. The van der Waals surface area contributed by atoms with Crippen molar-refractivity contribution in [2.24, 2.45) is 0 Å². The molecule has 0 radical (unpaired) electrons. The number of hydrogen-bond acceptors (Lipinski definition) is 7. The predicted octanol–water partition coefficient (Wildman–Crippen LogP) is 5.39. The van der Waals surface area contributed by atoms with Gasteiger partial charge in [-0.05, 0) is 48.2 Å². The molecular weight excluding hydrogens is 470 g/mol. The Morgan fingerprint density at radius 1 is 1.15 bits per heavy atom. The second-order valence-electron chi connectivity index (χ2n) is 8.57. The number of anilines is 1. The Morgan fingerprint density at radius 3 is 2.47 bits per heavy atom. The minimum atomic E-state index is -3.38. The van der Waals surface area contributed by atoms with Gasteiger partial charge < -0.3 is 9.47 Å². The number of benzene rings is 2. The normalized spacial score (nSPS) is 11.6. The minimum Gasteiger partial charge on any atom is -0.492 e. The fourth-order valence-corrected chi connectivity index (χ4v) is 5.16. The summed E-state index contributed by atoms with van der Waals surface area (Å²) in [4.78, 5) is 4.19. The zero-order valence-corrected chi connectivity index (χ0v) is 21.6. The lowest BCUT2D eigenvalue weighted by Gasteiger charge is -2.27. The molecule has 0 aliphatic carbocycles. The van der Waals surface area contributed by atoms with Crippen molar-refractivity contribution >= 4 is 26.4 Å². The molecule has 0 bridgehead atoms. The lowest BCUT2D eigenvalue weighted by molar-refractivity contribution is 0.302. The van der Waals surface area contributed by atoms with Crippen molar-refractivity contribution in [2.45, 2.75) is 46.1 Å². The van der Waals surface area contributed by atoms with Gasteiger partial charge in [0.05, 0.1) is 23.9 Å². The van der Waals surface area contributed by atoms with Crippen molar-refractivity contribution in [1.82, 2.24) is 4.98 Å². The van der Waals surface area contributed by atoms with E-state index in [4.69, 9.17) is 9.47 Å². The van der Waals surface area contributed by atoms with E-state index >= 15 is 0 Å². The van der Waals surface area contributed by atoms with Crippen LogP contribution in [0.3, 0.4) is 0 Å². The number of aromatic nitrogens is 1. The molecule has 0 saturated heterocycles. The molecule has 34 heavy (non-hydrogen) atoms. The van der Waals surface area contributed by atoms with Crippen molar-refractivity contribution in [3.63, 3.8) is 0 Å². The third kappa shape index (κ3) is 6.07. The van der Waals surface area contributed by atoms with E-state index in [2.05, 4.69) is 35.7 Å². The highest BCUT2D eigenvalue weighted by Crippen LogP contribution is 2.36. The molecule has 0 unspecified atom stereocenters. The molecule has 3 aromatic rings. The highest BCUT2D eigenvalue weighted by atomic mass is 32.2. The molecule has 7 nitrogen and oxygen atoms in total. The third-order valence-electron chi connectivity index (χ3n) is 5.44. The number of thiazole rings is 1. The van der Waals surface area contributed by atoms with E-state index < -0.39 is 10.0 Å². The first-order valence-corrected chi connectivity index (χ1v) is 13.6. The van der Waals surface area contributed by atoms with E-state index in [1.807, 2.05) is 44.2 Å². The second-order valence-corrected chi connectivity index (χ2v) is 11.2. The summed E-state index contributed by atoms with van der Waals surface area (Å²) in [5.74, 6) is 1.30. The van der Waals surface area contributed by atoms with Gasteiger partial charge in [-0.2, -0.15) is 5.26 Å². The first-order valence-electron chi connectivity index (χ1n) is 10.9. The van der Waals surface area contributed by atoms with Crippen molar-refractivity contribution < 1.29 is 17.9 Å². The number of sulfonamides is 1. The molecule has 0 aliphatic rings. The highest BCUT2D eigenvalue weighted by molar-refractivity contribution is 7.92. The van der Waals surface area contributed by atoms with Gasteiger partial charge in [-0.1, -0.05) is 39.0 Å². The summed E-state index contributed by atoms with van der Waals surface area (Å²) < 4.78 is 37.1. The highest BCUT2D eigenvalue weighted by Gasteiger charge is 2.25. The van der Waals surface area contributed by atoms with E-state index in [0.717, 1.165) is 29.4 Å². The van der Waals surface area contributed by atoms with Gasteiger partial charge in [0.25, 0.3) is 0 Å². The summed E-state index contributed by atoms with van der Waals surface area (Å²) in [5.41, 5.74) is 5.34. The van der Waals surface area contributed by atoms with Crippen LogP contribution in [0.4, 0.5) is 5.00 Å². The van der Waals surface area contributed by atoms with Crippen LogP contribution in [0.1, 0.15) is 55.1 Å². The molecule has 0 amide bonds.